The lowest BCUT2D eigenvalue weighted by Gasteiger charge is -2.36. The van der Waals surface area contributed by atoms with Gasteiger partial charge in [-0.05, 0) is 18.6 Å². The van der Waals surface area contributed by atoms with Gasteiger partial charge in [0.1, 0.15) is 0 Å². The van der Waals surface area contributed by atoms with Crippen LogP contribution in [0.1, 0.15) is 27.4 Å². The van der Waals surface area contributed by atoms with Gasteiger partial charge in [-0.1, -0.05) is 23.4 Å². The number of aryl methyl sites for hydroxylation is 1. The van der Waals surface area contributed by atoms with E-state index in [1.54, 1.807) is 17.0 Å². The van der Waals surface area contributed by atoms with Gasteiger partial charge in [0.15, 0.2) is 11.9 Å². The molecule has 26 heavy (non-hydrogen) atoms. The third kappa shape index (κ3) is 3.35. The molecule has 2 aliphatic heterocycles. The van der Waals surface area contributed by atoms with Crippen LogP contribution in [-0.2, 0) is 22.5 Å². The van der Waals surface area contributed by atoms with Gasteiger partial charge < -0.3 is 14.2 Å². The Morgan fingerprint density at radius 1 is 1.23 bits per heavy atom. The molecule has 4 rings (SSSR count). The van der Waals surface area contributed by atoms with E-state index in [0.717, 1.165) is 30.1 Å². The minimum absolute atomic E-state index is 0.108. The number of rotatable bonds is 3. The number of hydrogen-bond donors (Lipinski definition) is 0. The summed E-state index contributed by atoms with van der Waals surface area (Å²) in [5.74, 6) is 0.313. The Balaban J connectivity index is 1.35. The molecule has 0 spiro atoms. The van der Waals surface area contributed by atoms with Crippen molar-refractivity contribution in [3.8, 4) is 0 Å². The van der Waals surface area contributed by atoms with Gasteiger partial charge in [-0.3, -0.25) is 9.69 Å². The van der Waals surface area contributed by atoms with Gasteiger partial charge >= 0.3 is 5.97 Å². The third-order valence-electron chi connectivity index (χ3n) is 4.91. The van der Waals surface area contributed by atoms with Crippen molar-refractivity contribution in [1.82, 2.24) is 15.0 Å². The summed E-state index contributed by atoms with van der Waals surface area (Å²) in [6, 6.07) is 9.23. The Morgan fingerprint density at radius 2 is 2.00 bits per heavy atom. The number of amides is 1. The molecule has 2 aliphatic rings. The summed E-state index contributed by atoms with van der Waals surface area (Å²) < 4.78 is 10.6. The second kappa shape index (κ2) is 6.92. The standard InChI is InChI=1S/C19H21N3O4/c1-13-10-15(26-20-13)12-21-6-8-22(9-7-21)18(23)17-11-14-4-2-3-5-16(14)19(24)25-17/h2-5,10,17H,6-9,11-12H2,1H3. The van der Waals surface area contributed by atoms with E-state index in [4.69, 9.17) is 9.26 Å². The molecule has 0 saturated carbocycles. The van der Waals surface area contributed by atoms with E-state index < -0.39 is 12.1 Å². The minimum Gasteiger partial charge on any atom is -0.448 e. The van der Waals surface area contributed by atoms with E-state index in [1.807, 2.05) is 25.1 Å². The number of piperazine rings is 1. The highest BCUT2D eigenvalue weighted by Gasteiger charge is 2.34. The van der Waals surface area contributed by atoms with Crippen LogP contribution in [0.2, 0.25) is 0 Å². The van der Waals surface area contributed by atoms with Gasteiger partial charge in [0, 0.05) is 38.7 Å². The lowest BCUT2D eigenvalue weighted by molar-refractivity contribution is -0.143. The molecule has 7 nitrogen and oxygen atoms in total. The molecule has 1 saturated heterocycles. The van der Waals surface area contributed by atoms with Gasteiger partial charge in [0.05, 0.1) is 17.8 Å². The van der Waals surface area contributed by atoms with Crippen LogP contribution >= 0.6 is 0 Å². The Morgan fingerprint density at radius 3 is 2.73 bits per heavy atom. The quantitative estimate of drug-likeness (QED) is 0.775. The van der Waals surface area contributed by atoms with E-state index in [1.165, 1.54) is 0 Å². The lowest BCUT2D eigenvalue weighted by atomic mass is 9.98. The molecule has 0 N–H and O–H groups in total. The summed E-state index contributed by atoms with van der Waals surface area (Å²) in [5, 5.41) is 3.90. The van der Waals surface area contributed by atoms with Crippen LogP contribution in [-0.4, -0.2) is 59.1 Å². The van der Waals surface area contributed by atoms with Crippen molar-refractivity contribution in [1.29, 1.82) is 0 Å². The van der Waals surface area contributed by atoms with Crippen LogP contribution in [0.15, 0.2) is 34.9 Å². The smallest absolute Gasteiger partial charge is 0.339 e. The average Bonchev–Trinajstić information content (AvgIpc) is 3.06. The van der Waals surface area contributed by atoms with Crippen LogP contribution in [0.25, 0.3) is 0 Å². The highest BCUT2D eigenvalue weighted by atomic mass is 16.5. The van der Waals surface area contributed by atoms with E-state index in [0.29, 0.717) is 31.6 Å². The Kier molecular flexibility index (Phi) is 4.46. The van der Waals surface area contributed by atoms with E-state index in [9.17, 15) is 9.59 Å². The van der Waals surface area contributed by atoms with Crippen LogP contribution in [0.5, 0.6) is 0 Å². The molecule has 3 heterocycles. The second-order valence-corrected chi connectivity index (χ2v) is 6.79. The summed E-state index contributed by atoms with van der Waals surface area (Å²) in [6.45, 7) is 5.32. The van der Waals surface area contributed by atoms with Crippen molar-refractivity contribution in [3.63, 3.8) is 0 Å². The monoisotopic (exact) mass is 355 g/mol. The molecule has 1 atom stereocenters. The Bertz CT molecular complexity index is 824. The molecule has 7 heteroatoms. The molecule has 1 unspecified atom stereocenters. The number of fused-ring (bicyclic) bond motifs is 1. The molecule has 0 aliphatic carbocycles. The van der Waals surface area contributed by atoms with E-state index >= 15 is 0 Å². The molecule has 1 fully saturated rings. The van der Waals surface area contributed by atoms with E-state index in [2.05, 4.69) is 10.1 Å². The van der Waals surface area contributed by atoms with Crippen molar-refractivity contribution in [2.45, 2.75) is 26.0 Å². The first kappa shape index (κ1) is 16.8. The SMILES string of the molecule is Cc1cc(CN2CCN(C(=O)C3Cc4ccccc4C(=O)O3)CC2)on1. The van der Waals surface area contributed by atoms with Crippen molar-refractivity contribution >= 4 is 11.9 Å². The third-order valence-corrected chi connectivity index (χ3v) is 4.91. The first-order valence-electron chi connectivity index (χ1n) is 8.82. The predicted octanol–water partition coefficient (Wildman–Crippen LogP) is 1.41. The number of aromatic nitrogens is 1. The van der Waals surface area contributed by atoms with Crippen LogP contribution in [0.3, 0.4) is 0 Å². The van der Waals surface area contributed by atoms with Crippen molar-refractivity contribution in [2.24, 2.45) is 0 Å². The molecule has 1 aromatic carbocycles. The molecular formula is C19H21N3O4. The molecule has 1 amide bonds. The van der Waals surface area contributed by atoms with Crippen LogP contribution in [0, 0.1) is 6.92 Å². The fourth-order valence-corrected chi connectivity index (χ4v) is 3.51. The molecular weight excluding hydrogens is 334 g/mol. The summed E-state index contributed by atoms with van der Waals surface area (Å²) in [6.07, 6.45) is -0.279. The zero-order chi connectivity index (χ0) is 18.1. The van der Waals surface area contributed by atoms with E-state index in [-0.39, 0.29) is 5.91 Å². The highest BCUT2D eigenvalue weighted by Crippen LogP contribution is 2.22. The number of esters is 1. The van der Waals surface area contributed by atoms with Gasteiger partial charge in [0.2, 0.25) is 0 Å². The summed E-state index contributed by atoms with van der Waals surface area (Å²) in [5.41, 5.74) is 2.30. The van der Waals surface area contributed by atoms with Crippen LogP contribution in [0.4, 0.5) is 0 Å². The number of nitrogens with zero attached hydrogens (tertiary/aromatic N) is 3. The normalized spacial score (nSPS) is 20.6. The fraction of sp³-hybridized carbons (Fsp3) is 0.421. The lowest BCUT2D eigenvalue weighted by Crippen LogP contribution is -2.52. The molecule has 136 valence electrons. The molecule has 1 aromatic heterocycles. The average molecular weight is 355 g/mol. The maximum atomic E-state index is 12.8. The number of carbonyl (C=O) groups excluding carboxylic acids is 2. The number of cyclic esters (lactones) is 1. The van der Waals surface area contributed by atoms with Gasteiger partial charge in [-0.25, -0.2) is 4.79 Å². The number of carbonyl (C=O) groups is 2. The summed E-state index contributed by atoms with van der Waals surface area (Å²) >= 11 is 0. The zero-order valence-corrected chi connectivity index (χ0v) is 14.7. The molecule has 0 radical (unpaired) electrons. The van der Waals surface area contributed by atoms with Crippen molar-refractivity contribution in [3.05, 3.63) is 52.9 Å². The van der Waals surface area contributed by atoms with Crippen LogP contribution < -0.4 is 0 Å². The van der Waals surface area contributed by atoms with Gasteiger partial charge in [-0.2, -0.15) is 0 Å². The first-order valence-corrected chi connectivity index (χ1v) is 8.82. The zero-order valence-electron chi connectivity index (χ0n) is 14.7. The van der Waals surface area contributed by atoms with Gasteiger partial charge in [0.25, 0.3) is 5.91 Å². The first-order chi connectivity index (χ1) is 12.6. The van der Waals surface area contributed by atoms with Gasteiger partial charge in [-0.15, -0.1) is 0 Å². The fourth-order valence-electron chi connectivity index (χ4n) is 3.51. The molecule has 0 bridgehead atoms. The summed E-state index contributed by atoms with van der Waals surface area (Å²) in [7, 11) is 0. The Hall–Kier alpha value is -2.67. The maximum absolute atomic E-state index is 12.8. The second-order valence-electron chi connectivity index (χ2n) is 6.79. The Labute approximate surface area is 151 Å². The van der Waals surface area contributed by atoms with Crippen molar-refractivity contribution < 1.29 is 18.8 Å². The maximum Gasteiger partial charge on any atom is 0.339 e. The topological polar surface area (TPSA) is 75.9 Å². The largest absolute Gasteiger partial charge is 0.448 e. The number of ether oxygens (including phenoxy) is 1. The predicted molar refractivity (Wildman–Crippen MR) is 92.4 cm³/mol. The molecule has 2 aromatic rings. The number of benzene rings is 1. The number of hydrogen-bond acceptors (Lipinski definition) is 6. The summed E-state index contributed by atoms with van der Waals surface area (Å²) in [4.78, 5) is 28.9. The minimum atomic E-state index is -0.721. The highest BCUT2D eigenvalue weighted by molar-refractivity contribution is 5.95. The van der Waals surface area contributed by atoms with Crippen molar-refractivity contribution in [2.75, 3.05) is 26.2 Å².